The second-order valence-corrected chi connectivity index (χ2v) is 7.31. The molecule has 0 spiro atoms. The predicted molar refractivity (Wildman–Crippen MR) is 70.5 cm³/mol. The van der Waals surface area contributed by atoms with Gasteiger partial charge in [-0.3, -0.25) is 0 Å². The zero-order chi connectivity index (χ0) is 12.8. The molecule has 0 fully saturated rings. The lowest BCUT2D eigenvalue weighted by Crippen LogP contribution is -2.33. The molecule has 98 valence electrons. The number of hydrogen-bond acceptors (Lipinski definition) is 3. The van der Waals surface area contributed by atoms with Gasteiger partial charge in [-0.15, -0.1) is 0 Å². The number of hydrogen-bond donors (Lipinski definition) is 1. The van der Waals surface area contributed by atoms with Crippen molar-refractivity contribution in [1.29, 1.82) is 0 Å². The minimum absolute atomic E-state index is 0.240. The van der Waals surface area contributed by atoms with Crippen LogP contribution in [0.5, 0.6) is 0 Å². The van der Waals surface area contributed by atoms with Crippen molar-refractivity contribution in [1.82, 2.24) is 5.32 Å². The van der Waals surface area contributed by atoms with Gasteiger partial charge in [0.1, 0.15) is 0 Å². The Bertz CT molecular complexity index is 275. The molecule has 3 atom stereocenters. The van der Waals surface area contributed by atoms with Crippen LogP contribution in [0.25, 0.3) is 0 Å². The average Bonchev–Trinajstić information content (AvgIpc) is 2.17. The third-order valence-corrected chi connectivity index (χ3v) is 5.52. The molecule has 0 saturated heterocycles. The Balaban J connectivity index is 4.29. The van der Waals surface area contributed by atoms with Crippen molar-refractivity contribution in [2.45, 2.75) is 58.8 Å². The fraction of sp³-hybridized carbons (Fsp3) is 1.00. The molecule has 4 heteroatoms. The van der Waals surface area contributed by atoms with Crippen molar-refractivity contribution in [3.63, 3.8) is 0 Å². The standard InChI is InChI=1S/C12H27NO2S/c1-6-10(3)9-16(14,15)12(5)8-11(4)13-7-2/h10-13H,6-9H2,1-5H3. The number of nitrogens with one attached hydrogen (secondary N) is 1. The fourth-order valence-electron chi connectivity index (χ4n) is 1.75. The van der Waals surface area contributed by atoms with Gasteiger partial charge in [-0.25, -0.2) is 8.42 Å². The van der Waals surface area contributed by atoms with Gasteiger partial charge in [0.15, 0.2) is 9.84 Å². The molecule has 0 aliphatic heterocycles. The van der Waals surface area contributed by atoms with Gasteiger partial charge < -0.3 is 5.32 Å². The molecule has 3 unspecified atom stereocenters. The van der Waals surface area contributed by atoms with E-state index in [4.69, 9.17) is 0 Å². The summed E-state index contributed by atoms with van der Waals surface area (Å²) in [7, 11) is -2.93. The quantitative estimate of drug-likeness (QED) is 0.717. The van der Waals surface area contributed by atoms with Crippen LogP contribution in [0.15, 0.2) is 0 Å². The van der Waals surface area contributed by atoms with Crippen LogP contribution in [0.1, 0.15) is 47.5 Å². The Hall–Kier alpha value is -0.0900. The van der Waals surface area contributed by atoms with Crippen LogP contribution in [0.4, 0.5) is 0 Å². The molecule has 0 heterocycles. The molecule has 0 aromatic carbocycles. The zero-order valence-electron chi connectivity index (χ0n) is 11.3. The minimum atomic E-state index is -2.93. The first-order valence-electron chi connectivity index (χ1n) is 6.28. The van der Waals surface area contributed by atoms with Crippen molar-refractivity contribution in [3.8, 4) is 0 Å². The van der Waals surface area contributed by atoms with Gasteiger partial charge in [0.25, 0.3) is 0 Å². The summed E-state index contributed by atoms with van der Waals surface area (Å²) in [5, 5.41) is 3.01. The molecule has 16 heavy (non-hydrogen) atoms. The first kappa shape index (κ1) is 15.9. The van der Waals surface area contributed by atoms with Gasteiger partial charge in [-0.1, -0.05) is 27.2 Å². The van der Waals surface area contributed by atoms with E-state index in [0.717, 1.165) is 13.0 Å². The molecule has 0 aliphatic carbocycles. The lowest BCUT2D eigenvalue weighted by atomic mass is 10.2. The van der Waals surface area contributed by atoms with Crippen LogP contribution < -0.4 is 5.32 Å². The summed E-state index contributed by atoms with van der Waals surface area (Å²) >= 11 is 0. The smallest absolute Gasteiger partial charge is 0.153 e. The Morgan fingerprint density at radius 2 is 1.69 bits per heavy atom. The summed E-state index contributed by atoms with van der Waals surface area (Å²) in [5.74, 6) is 0.589. The van der Waals surface area contributed by atoms with E-state index in [0.29, 0.717) is 12.2 Å². The van der Waals surface area contributed by atoms with Crippen molar-refractivity contribution >= 4 is 9.84 Å². The first-order valence-corrected chi connectivity index (χ1v) is 7.99. The van der Waals surface area contributed by atoms with E-state index in [2.05, 4.69) is 5.32 Å². The third-order valence-electron chi connectivity index (χ3n) is 3.06. The average molecular weight is 249 g/mol. The molecular formula is C12H27NO2S. The van der Waals surface area contributed by atoms with Crippen LogP contribution >= 0.6 is 0 Å². The molecular weight excluding hydrogens is 222 g/mol. The Morgan fingerprint density at radius 1 is 1.12 bits per heavy atom. The zero-order valence-corrected chi connectivity index (χ0v) is 12.1. The molecule has 1 N–H and O–H groups in total. The van der Waals surface area contributed by atoms with E-state index in [1.165, 1.54) is 0 Å². The predicted octanol–water partition coefficient (Wildman–Crippen LogP) is 2.22. The van der Waals surface area contributed by atoms with Crippen molar-refractivity contribution < 1.29 is 8.42 Å². The van der Waals surface area contributed by atoms with Crippen LogP contribution in [0.2, 0.25) is 0 Å². The number of sulfone groups is 1. The van der Waals surface area contributed by atoms with Crippen molar-refractivity contribution in [2.75, 3.05) is 12.3 Å². The monoisotopic (exact) mass is 249 g/mol. The van der Waals surface area contributed by atoms with Gasteiger partial charge in [0, 0.05) is 6.04 Å². The van der Waals surface area contributed by atoms with Crippen molar-refractivity contribution in [3.05, 3.63) is 0 Å². The molecule has 0 aromatic heterocycles. The topological polar surface area (TPSA) is 46.2 Å². The molecule has 0 aromatic rings. The van der Waals surface area contributed by atoms with Crippen LogP contribution in [0.3, 0.4) is 0 Å². The van der Waals surface area contributed by atoms with E-state index in [1.807, 2.05) is 34.6 Å². The summed E-state index contributed by atoms with van der Waals surface area (Å²) in [4.78, 5) is 0. The maximum Gasteiger partial charge on any atom is 0.153 e. The molecule has 0 amide bonds. The largest absolute Gasteiger partial charge is 0.314 e. The summed E-state index contributed by atoms with van der Waals surface area (Å²) in [6, 6.07) is 0.270. The highest BCUT2D eigenvalue weighted by molar-refractivity contribution is 7.92. The first-order chi connectivity index (χ1) is 7.33. The molecule has 0 rings (SSSR count). The summed E-state index contributed by atoms with van der Waals surface area (Å²) in [5.41, 5.74) is 0. The van der Waals surface area contributed by atoms with Gasteiger partial charge >= 0.3 is 0 Å². The lowest BCUT2D eigenvalue weighted by Gasteiger charge is -2.19. The summed E-state index contributed by atoms with van der Waals surface area (Å²) < 4.78 is 24.0. The van der Waals surface area contributed by atoms with Gasteiger partial charge in [0.05, 0.1) is 11.0 Å². The summed E-state index contributed by atoms with van der Waals surface area (Å²) in [6.45, 7) is 10.8. The van der Waals surface area contributed by atoms with Crippen LogP contribution in [0, 0.1) is 5.92 Å². The normalized spacial score (nSPS) is 18.1. The Kier molecular flexibility index (Phi) is 7.24. The fourth-order valence-corrected chi connectivity index (χ4v) is 3.69. The highest BCUT2D eigenvalue weighted by Gasteiger charge is 2.24. The molecule has 3 nitrogen and oxygen atoms in total. The third kappa shape index (κ3) is 5.85. The molecule has 0 saturated carbocycles. The van der Waals surface area contributed by atoms with Gasteiger partial charge in [-0.05, 0) is 32.7 Å². The van der Waals surface area contributed by atoms with E-state index in [-0.39, 0.29) is 17.2 Å². The number of rotatable bonds is 8. The Labute approximate surface area is 101 Å². The van der Waals surface area contributed by atoms with E-state index in [1.54, 1.807) is 0 Å². The second-order valence-electron chi connectivity index (χ2n) is 4.85. The Morgan fingerprint density at radius 3 is 2.12 bits per heavy atom. The molecule has 0 aliphatic rings. The van der Waals surface area contributed by atoms with Crippen LogP contribution in [-0.2, 0) is 9.84 Å². The summed E-state index contributed by atoms with van der Waals surface area (Å²) in [6.07, 6.45) is 1.63. The highest BCUT2D eigenvalue weighted by atomic mass is 32.2. The van der Waals surface area contributed by atoms with Gasteiger partial charge in [-0.2, -0.15) is 0 Å². The molecule has 0 radical (unpaired) electrons. The second kappa shape index (κ2) is 7.28. The maximum absolute atomic E-state index is 12.0. The lowest BCUT2D eigenvalue weighted by molar-refractivity contribution is 0.502. The highest BCUT2D eigenvalue weighted by Crippen LogP contribution is 2.14. The van der Waals surface area contributed by atoms with E-state index < -0.39 is 9.84 Å². The van der Waals surface area contributed by atoms with Crippen molar-refractivity contribution in [2.24, 2.45) is 5.92 Å². The van der Waals surface area contributed by atoms with Crippen LogP contribution in [-0.4, -0.2) is 32.0 Å². The van der Waals surface area contributed by atoms with E-state index >= 15 is 0 Å². The SMILES string of the molecule is CCNC(C)CC(C)S(=O)(=O)CC(C)CC. The maximum atomic E-state index is 12.0. The van der Waals surface area contributed by atoms with E-state index in [9.17, 15) is 8.42 Å². The van der Waals surface area contributed by atoms with Gasteiger partial charge in [0.2, 0.25) is 0 Å². The minimum Gasteiger partial charge on any atom is -0.314 e. The molecule has 0 bridgehead atoms.